The van der Waals surface area contributed by atoms with E-state index in [2.05, 4.69) is 15.9 Å². The Bertz CT molecular complexity index is 539. The first-order valence-electron chi connectivity index (χ1n) is 7.54. The van der Waals surface area contributed by atoms with Gasteiger partial charge >= 0.3 is 0 Å². The number of carbonyl (C=O) groups is 1. The molecule has 1 aliphatic rings. The first kappa shape index (κ1) is 17.2. The highest BCUT2D eigenvalue weighted by molar-refractivity contribution is 9.10. The molecule has 1 aromatic carbocycles. The van der Waals surface area contributed by atoms with Crippen molar-refractivity contribution in [2.45, 2.75) is 38.8 Å². The lowest BCUT2D eigenvalue weighted by Crippen LogP contribution is -2.48. The number of nitrogens with two attached hydrogens (primary N) is 1. The Labute approximate surface area is 138 Å². The van der Waals surface area contributed by atoms with Crippen LogP contribution in [0.25, 0.3) is 0 Å². The molecule has 0 unspecified atom stereocenters. The molecule has 0 aromatic heterocycles. The van der Waals surface area contributed by atoms with E-state index in [-0.39, 0.29) is 17.8 Å². The van der Waals surface area contributed by atoms with Crippen molar-refractivity contribution < 1.29 is 13.9 Å². The maximum Gasteiger partial charge on any atom is 0.263 e. The standard InChI is InChI=1S/C16H22BrFN2O2/c1-10(19)12-4-3-7-20(9-12)16(21)11(2)22-15-6-5-13(18)8-14(15)17/h5-6,8,10-12H,3-4,7,9,19H2,1-2H3/t10-,11-,12-/m0/s1. The van der Waals surface area contributed by atoms with Gasteiger partial charge in [-0.15, -0.1) is 0 Å². The summed E-state index contributed by atoms with van der Waals surface area (Å²) in [6.07, 6.45) is 1.40. The first-order chi connectivity index (χ1) is 10.4. The van der Waals surface area contributed by atoms with Crippen LogP contribution in [0, 0.1) is 11.7 Å². The number of rotatable bonds is 4. The van der Waals surface area contributed by atoms with Crippen molar-refractivity contribution in [3.05, 3.63) is 28.5 Å². The fourth-order valence-electron chi connectivity index (χ4n) is 2.71. The Hall–Kier alpha value is -1.14. The van der Waals surface area contributed by atoms with Crippen molar-refractivity contribution in [3.63, 3.8) is 0 Å². The molecular weight excluding hydrogens is 351 g/mol. The number of carbonyl (C=O) groups excluding carboxylic acids is 1. The van der Waals surface area contributed by atoms with E-state index in [9.17, 15) is 9.18 Å². The Balaban J connectivity index is 1.99. The van der Waals surface area contributed by atoms with E-state index in [1.165, 1.54) is 18.2 Å². The van der Waals surface area contributed by atoms with Gasteiger partial charge in [0.05, 0.1) is 4.47 Å². The molecule has 4 nitrogen and oxygen atoms in total. The molecule has 0 aliphatic carbocycles. The summed E-state index contributed by atoms with van der Waals surface area (Å²) in [5.41, 5.74) is 5.95. The molecule has 2 N–H and O–H groups in total. The van der Waals surface area contributed by atoms with Gasteiger partial charge in [0, 0.05) is 19.1 Å². The molecule has 0 radical (unpaired) electrons. The molecule has 1 fully saturated rings. The molecular formula is C16H22BrFN2O2. The highest BCUT2D eigenvalue weighted by Crippen LogP contribution is 2.27. The summed E-state index contributed by atoms with van der Waals surface area (Å²) in [6.45, 7) is 5.11. The average Bonchev–Trinajstić information content (AvgIpc) is 2.49. The zero-order valence-corrected chi connectivity index (χ0v) is 14.5. The van der Waals surface area contributed by atoms with Gasteiger partial charge in [-0.05, 0) is 66.7 Å². The molecule has 0 saturated carbocycles. The van der Waals surface area contributed by atoms with Crippen molar-refractivity contribution in [2.24, 2.45) is 11.7 Å². The van der Waals surface area contributed by atoms with E-state index >= 15 is 0 Å². The van der Waals surface area contributed by atoms with E-state index < -0.39 is 6.10 Å². The van der Waals surface area contributed by atoms with Gasteiger partial charge < -0.3 is 15.4 Å². The van der Waals surface area contributed by atoms with Gasteiger partial charge in [0.1, 0.15) is 11.6 Å². The number of hydrogen-bond acceptors (Lipinski definition) is 3. The van der Waals surface area contributed by atoms with Gasteiger partial charge in [-0.1, -0.05) is 0 Å². The molecule has 2 rings (SSSR count). The summed E-state index contributed by atoms with van der Waals surface area (Å²) in [5, 5.41) is 0. The molecule has 22 heavy (non-hydrogen) atoms. The van der Waals surface area contributed by atoms with Crippen LogP contribution >= 0.6 is 15.9 Å². The molecule has 0 spiro atoms. The Morgan fingerprint density at radius 2 is 2.23 bits per heavy atom. The molecule has 1 aromatic rings. The second-order valence-corrected chi connectivity index (χ2v) is 6.73. The summed E-state index contributed by atoms with van der Waals surface area (Å²) in [4.78, 5) is 14.3. The summed E-state index contributed by atoms with van der Waals surface area (Å²) in [5.74, 6) is 0.390. The van der Waals surface area contributed by atoms with Gasteiger partial charge in [-0.25, -0.2) is 4.39 Å². The first-order valence-corrected chi connectivity index (χ1v) is 8.34. The second kappa shape index (κ2) is 7.42. The summed E-state index contributed by atoms with van der Waals surface area (Å²) >= 11 is 3.24. The van der Waals surface area contributed by atoms with Crippen LogP contribution in [0.15, 0.2) is 22.7 Å². The lowest BCUT2D eigenvalue weighted by Gasteiger charge is -2.35. The molecule has 1 saturated heterocycles. The number of piperidine rings is 1. The third-order valence-corrected chi connectivity index (χ3v) is 4.68. The summed E-state index contributed by atoms with van der Waals surface area (Å²) in [6, 6.07) is 4.23. The van der Waals surface area contributed by atoms with Gasteiger partial charge in [-0.2, -0.15) is 0 Å². The number of ether oxygens (including phenoxy) is 1. The highest BCUT2D eigenvalue weighted by atomic mass is 79.9. The van der Waals surface area contributed by atoms with Crippen molar-refractivity contribution >= 4 is 21.8 Å². The maximum absolute atomic E-state index is 13.1. The number of likely N-dealkylation sites (tertiary alicyclic amines) is 1. The number of halogens is 2. The number of benzene rings is 1. The van der Waals surface area contributed by atoms with E-state index in [4.69, 9.17) is 10.5 Å². The van der Waals surface area contributed by atoms with Gasteiger partial charge in [0.15, 0.2) is 6.10 Å². The topological polar surface area (TPSA) is 55.6 Å². The molecule has 3 atom stereocenters. The molecule has 1 heterocycles. The molecule has 1 aliphatic heterocycles. The van der Waals surface area contributed by atoms with Crippen LogP contribution in [0.1, 0.15) is 26.7 Å². The lowest BCUT2D eigenvalue weighted by atomic mass is 9.92. The minimum Gasteiger partial charge on any atom is -0.480 e. The van der Waals surface area contributed by atoms with Crippen LogP contribution in [0.5, 0.6) is 5.75 Å². The fraction of sp³-hybridized carbons (Fsp3) is 0.562. The van der Waals surface area contributed by atoms with Gasteiger partial charge in [-0.3, -0.25) is 4.79 Å². The van der Waals surface area contributed by atoms with Crippen LogP contribution in [-0.4, -0.2) is 36.0 Å². The summed E-state index contributed by atoms with van der Waals surface area (Å²) in [7, 11) is 0. The minimum absolute atomic E-state index is 0.0541. The largest absolute Gasteiger partial charge is 0.480 e. The highest BCUT2D eigenvalue weighted by Gasteiger charge is 2.29. The van der Waals surface area contributed by atoms with Crippen LogP contribution in [0.4, 0.5) is 4.39 Å². The van der Waals surface area contributed by atoms with E-state index in [0.717, 1.165) is 19.4 Å². The Kier molecular flexibility index (Phi) is 5.81. The zero-order chi connectivity index (χ0) is 16.3. The molecule has 0 bridgehead atoms. The Morgan fingerprint density at radius 1 is 1.50 bits per heavy atom. The van der Waals surface area contributed by atoms with Crippen LogP contribution in [-0.2, 0) is 4.79 Å². The number of nitrogens with zero attached hydrogens (tertiary/aromatic N) is 1. The van der Waals surface area contributed by atoms with Crippen molar-refractivity contribution in [2.75, 3.05) is 13.1 Å². The smallest absolute Gasteiger partial charge is 0.263 e. The van der Waals surface area contributed by atoms with Crippen LogP contribution in [0.3, 0.4) is 0 Å². The predicted molar refractivity (Wildman–Crippen MR) is 87.1 cm³/mol. The Morgan fingerprint density at radius 3 is 2.86 bits per heavy atom. The third kappa shape index (κ3) is 4.20. The summed E-state index contributed by atoms with van der Waals surface area (Å²) < 4.78 is 19.3. The van der Waals surface area contributed by atoms with Gasteiger partial charge in [0.2, 0.25) is 0 Å². The van der Waals surface area contributed by atoms with Gasteiger partial charge in [0.25, 0.3) is 5.91 Å². The van der Waals surface area contributed by atoms with Crippen molar-refractivity contribution in [1.82, 2.24) is 4.90 Å². The zero-order valence-electron chi connectivity index (χ0n) is 12.9. The quantitative estimate of drug-likeness (QED) is 0.883. The molecule has 1 amide bonds. The SMILES string of the molecule is C[C@H](Oc1ccc(F)cc1Br)C(=O)N1CCC[C@H]([C@H](C)N)C1. The average molecular weight is 373 g/mol. The van der Waals surface area contributed by atoms with E-state index in [1.54, 1.807) is 6.92 Å². The van der Waals surface area contributed by atoms with Crippen molar-refractivity contribution in [3.8, 4) is 5.75 Å². The lowest BCUT2D eigenvalue weighted by molar-refractivity contribution is -0.139. The maximum atomic E-state index is 13.1. The monoisotopic (exact) mass is 372 g/mol. The van der Waals surface area contributed by atoms with Crippen LogP contribution in [0.2, 0.25) is 0 Å². The van der Waals surface area contributed by atoms with Crippen molar-refractivity contribution in [1.29, 1.82) is 0 Å². The molecule has 6 heteroatoms. The fourth-order valence-corrected chi connectivity index (χ4v) is 3.15. The predicted octanol–water partition coefficient (Wildman–Crippen LogP) is 2.94. The van der Waals surface area contributed by atoms with E-state index in [0.29, 0.717) is 22.7 Å². The number of amides is 1. The normalized spacial score (nSPS) is 21.3. The van der Waals surface area contributed by atoms with Crippen LogP contribution < -0.4 is 10.5 Å². The third-order valence-electron chi connectivity index (χ3n) is 4.06. The second-order valence-electron chi connectivity index (χ2n) is 5.88. The van der Waals surface area contributed by atoms with E-state index in [1.807, 2.05) is 11.8 Å². The minimum atomic E-state index is -0.617. The number of hydrogen-bond donors (Lipinski definition) is 1. The molecule has 122 valence electrons.